The molecule has 0 aliphatic heterocycles. The topological polar surface area (TPSA) is 60.9 Å². The number of H-pyrrole nitrogens is 1. The van der Waals surface area contributed by atoms with E-state index >= 15 is 0 Å². The Hall–Kier alpha value is -1.97. The van der Waals surface area contributed by atoms with Crippen LogP contribution in [0.15, 0.2) is 30.6 Å². The molecule has 0 spiro atoms. The Morgan fingerprint density at radius 1 is 1.41 bits per heavy atom. The Labute approximate surface area is 99.7 Å². The molecule has 2 aromatic rings. The van der Waals surface area contributed by atoms with Gasteiger partial charge in [-0.15, -0.1) is 0 Å². The van der Waals surface area contributed by atoms with Crippen molar-refractivity contribution in [2.75, 3.05) is 5.32 Å². The number of benzene rings is 1. The first-order valence-electron chi connectivity index (χ1n) is 5.90. The number of phenolic OH excluding ortho intramolecular Hbond substituents is 1. The highest BCUT2D eigenvalue weighted by molar-refractivity contribution is 5.46. The molecular weight excluding hydrogens is 214 g/mol. The Balaban J connectivity index is 1.90. The average molecular weight is 229 g/mol. The number of aromatic hydroxyl groups is 1. The highest BCUT2D eigenvalue weighted by Gasteiger charge is 2.20. The highest BCUT2D eigenvalue weighted by atomic mass is 16.3. The van der Waals surface area contributed by atoms with Gasteiger partial charge in [-0.25, -0.2) is 0 Å². The molecule has 1 atom stereocenters. The van der Waals surface area contributed by atoms with E-state index in [2.05, 4.69) is 15.5 Å². The minimum Gasteiger partial charge on any atom is -0.508 e. The molecule has 1 heterocycles. The molecule has 1 aromatic heterocycles. The van der Waals surface area contributed by atoms with E-state index in [0.717, 1.165) is 18.5 Å². The number of aryl methyl sites for hydroxylation is 1. The second-order valence-electron chi connectivity index (χ2n) is 4.46. The van der Waals surface area contributed by atoms with E-state index in [4.69, 9.17) is 0 Å². The molecule has 1 aliphatic carbocycles. The molecule has 4 nitrogen and oxygen atoms in total. The Bertz CT molecular complexity index is 507. The van der Waals surface area contributed by atoms with Crippen molar-refractivity contribution >= 4 is 5.69 Å². The van der Waals surface area contributed by atoms with Gasteiger partial charge in [-0.1, -0.05) is 6.07 Å². The normalized spacial score (nSPS) is 18.7. The number of anilines is 1. The number of hydrogen-bond acceptors (Lipinski definition) is 3. The third-order valence-electron chi connectivity index (χ3n) is 3.28. The quantitative estimate of drug-likeness (QED) is 0.741. The van der Waals surface area contributed by atoms with Crippen molar-refractivity contribution in [2.24, 2.45) is 0 Å². The summed E-state index contributed by atoms with van der Waals surface area (Å²) < 4.78 is 0. The summed E-state index contributed by atoms with van der Waals surface area (Å²) in [6.07, 6.45) is 6.97. The molecule has 0 amide bonds. The van der Waals surface area contributed by atoms with Crippen LogP contribution in [-0.2, 0) is 6.42 Å². The molecule has 0 bridgehead atoms. The first-order chi connectivity index (χ1) is 8.33. The van der Waals surface area contributed by atoms with Gasteiger partial charge in [0.15, 0.2) is 0 Å². The second-order valence-corrected chi connectivity index (χ2v) is 4.46. The molecule has 0 fully saturated rings. The van der Waals surface area contributed by atoms with Gasteiger partial charge >= 0.3 is 0 Å². The van der Waals surface area contributed by atoms with Crippen molar-refractivity contribution in [3.05, 3.63) is 41.7 Å². The lowest BCUT2D eigenvalue weighted by Crippen LogP contribution is -2.16. The van der Waals surface area contributed by atoms with E-state index in [0.29, 0.717) is 5.75 Å². The van der Waals surface area contributed by atoms with Gasteiger partial charge in [0.1, 0.15) is 5.75 Å². The lowest BCUT2D eigenvalue weighted by molar-refractivity contribution is 0.471. The Kier molecular flexibility index (Phi) is 2.48. The summed E-state index contributed by atoms with van der Waals surface area (Å²) in [5.74, 6) is 0.338. The fourth-order valence-corrected chi connectivity index (χ4v) is 2.47. The zero-order valence-electron chi connectivity index (χ0n) is 9.48. The highest BCUT2D eigenvalue weighted by Crippen LogP contribution is 2.34. The van der Waals surface area contributed by atoms with Crippen molar-refractivity contribution in [1.29, 1.82) is 0 Å². The smallest absolute Gasteiger partial charge is 0.115 e. The van der Waals surface area contributed by atoms with E-state index in [-0.39, 0.29) is 6.04 Å². The van der Waals surface area contributed by atoms with Crippen molar-refractivity contribution in [2.45, 2.75) is 25.3 Å². The Morgan fingerprint density at radius 3 is 3.18 bits per heavy atom. The maximum atomic E-state index is 9.59. The van der Waals surface area contributed by atoms with Crippen LogP contribution < -0.4 is 5.32 Å². The number of phenols is 1. The molecule has 1 aliphatic rings. The fourth-order valence-electron chi connectivity index (χ4n) is 2.47. The van der Waals surface area contributed by atoms with E-state index < -0.39 is 0 Å². The SMILES string of the molecule is Oc1ccc2c(c1)C(Nc1cn[nH]c1)CCC2. The van der Waals surface area contributed by atoms with Gasteiger partial charge in [0.25, 0.3) is 0 Å². The summed E-state index contributed by atoms with van der Waals surface area (Å²) in [6.45, 7) is 0. The van der Waals surface area contributed by atoms with E-state index in [1.807, 2.05) is 18.3 Å². The van der Waals surface area contributed by atoms with Gasteiger partial charge in [-0.2, -0.15) is 5.10 Å². The third-order valence-corrected chi connectivity index (χ3v) is 3.28. The molecule has 4 heteroatoms. The van der Waals surface area contributed by atoms with Crippen LogP contribution in [0.3, 0.4) is 0 Å². The molecule has 1 unspecified atom stereocenters. The van der Waals surface area contributed by atoms with Crippen molar-refractivity contribution in [1.82, 2.24) is 10.2 Å². The van der Waals surface area contributed by atoms with Crippen LogP contribution in [0.2, 0.25) is 0 Å². The van der Waals surface area contributed by atoms with Crippen LogP contribution in [0.5, 0.6) is 5.75 Å². The van der Waals surface area contributed by atoms with Crippen LogP contribution >= 0.6 is 0 Å². The molecule has 3 rings (SSSR count). The maximum Gasteiger partial charge on any atom is 0.115 e. The standard InChI is InChI=1S/C13H15N3O/c17-11-5-4-9-2-1-3-13(12(9)6-11)16-10-7-14-15-8-10/h4-8,13,16-17H,1-3H2,(H,14,15). The first kappa shape index (κ1) is 10.2. The van der Waals surface area contributed by atoms with Gasteiger partial charge in [-0.3, -0.25) is 5.10 Å². The van der Waals surface area contributed by atoms with E-state index in [9.17, 15) is 5.11 Å². The number of fused-ring (bicyclic) bond motifs is 1. The van der Waals surface area contributed by atoms with Crippen LogP contribution in [0, 0.1) is 0 Å². The summed E-state index contributed by atoms with van der Waals surface area (Å²) in [5.41, 5.74) is 3.53. The molecule has 88 valence electrons. The zero-order chi connectivity index (χ0) is 11.7. The first-order valence-corrected chi connectivity index (χ1v) is 5.90. The summed E-state index contributed by atoms with van der Waals surface area (Å²) >= 11 is 0. The van der Waals surface area contributed by atoms with Gasteiger partial charge in [-0.05, 0) is 42.5 Å². The third kappa shape index (κ3) is 1.98. The second kappa shape index (κ2) is 4.13. The summed E-state index contributed by atoms with van der Waals surface area (Å²) in [5, 5.41) is 19.7. The van der Waals surface area contributed by atoms with Gasteiger partial charge in [0.05, 0.1) is 17.9 Å². The molecule has 0 saturated heterocycles. The lowest BCUT2D eigenvalue weighted by atomic mass is 9.87. The zero-order valence-corrected chi connectivity index (χ0v) is 9.48. The van der Waals surface area contributed by atoms with Crippen molar-refractivity contribution in [3.63, 3.8) is 0 Å². The largest absolute Gasteiger partial charge is 0.508 e. The number of rotatable bonds is 2. The predicted molar refractivity (Wildman–Crippen MR) is 66.0 cm³/mol. The van der Waals surface area contributed by atoms with E-state index in [1.54, 1.807) is 12.3 Å². The van der Waals surface area contributed by atoms with Crippen molar-refractivity contribution < 1.29 is 5.11 Å². The van der Waals surface area contributed by atoms with E-state index in [1.165, 1.54) is 17.5 Å². The summed E-state index contributed by atoms with van der Waals surface area (Å²) in [4.78, 5) is 0. The molecule has 3 N–H and O–H groups in total. The minimum absolute atomic E-state index is 0.267. The summed E-state index contributed by atoms with van der Waals surface area (Å²) in [6, 6.07) is 5.92. The van der Waals surface area contributed by atoms with Crippen LogP contribution in [0.1, 0.15) is 30.0 Å². The van der Waals surface area contributed by atoms with Crippen LogP contribution in [0.4, 0.5) is 5.69 Å². The number of hydrogen-bond donors (Lipinski definition) is 3. The summed E-state index contributed by atoms with van der Waals surface area (Å²) in [7, 11) is 0. The maximum absolute atomic E-state index is 9.59. The van der Waals surface area contributed by atoms with Gasteiger partial charge in [0, 0.05) is 6.20 Å². The van der Waals surface area contributed by atoms with Gasteiger partial charge in [0.2, 0.25) is 0 Å². The monoisotopic (exact) mass is 229 g/mol. The number of aromatic nitrogens is 2. The van der Waals surface area contributed by atoms with Gasteiger partial charge < -0.3 is 10.4 Å². The van der Waals surface area contributed by atoms with Crippen LogP contribution in [0.25, 0.3) is 0 Å². The Morgan fingerprint density at radius 2 is 2.35 bits per heavy atom. The van der Waals surface area contributed by atoms with Crippen LogP contribution in [-0.4, -0.2) is 15.3 Å². The van der Waals surface area contributed by atoms with Crippen molar-refractivity contribution in [3.8, 4) is 5.75 Å². The minimum atomic E-state index is 0.267. The molecule has 17 heavy (non-hydrogen) atoms. The molecule has 0 saturated carbocycles. The number of nitrogens with zero attached hydrogens (tertiary/aromatic N) is 1. The predicted octanol–water partition coefficient (Wildman–Crippen LogP) is 2.60. The molecular formula is C13H15N3O. The molecule has 1 aromatic carbocycles. The molecule has 0 radical (unpaired) electrons. The fraction of sp³-hybridized carbons (Fsp3) is 0.308. The lowest BCUT2D eigenvalue weighted by Gasteiger charge is -2.26. The number of nitrogens with one attached hydrogen (secondary N) is 2. The average Bonchev–Trinajstić information content (AvgIpc) is 2.83. The number of aromatic amines is 1.